The van der Waals surface area contributed by atoms with Gasteiger partial charge in [-0.2, -0.15) is 5.10 Å². The predicted molar refractivity (Wildman–Crippen MR) is 71.0 cm³/mol. The molecule has 0 saturated carbocycles. The third kappa shape index (κ3) is 4.86. The number of aromatic nitrogens is 3. The minimum Gasteiger partial charge on any atom is -0.314 e. The molecule has 98 valence electrons. The van der Waals surface area contributed by atoms with E-state index in [-0.39, 0.29) is 0 Å². The van der Waals surface area contributed by atoms with Gasteiger partial charge in [-0.1, -0.05) is 20.8 Å². The van der Waals surface area contributed by atoms with Crippen LogP contribution in [-0.4, -0.2) is 27.4 Å². The van der Waals surface area contributed by atoms with Crippen LogP contribution in [-0.2, 0) is 13.0 Å². The number of hydrogen-bond acceptors (Lipinski definition) is 3. The van der Waals surface area contributed by atoms with Gasteiger partial charge in [-0.05, 0) is 32.2 Å². The second-order valence-corrected chi connectivity index (χ2v) is 4.50. The van der Waals surface area contributed by atoms with Crippen molar-refractivity contribution < 1.29 is 0 Å². The van der Waals surface area contributed by atoms with Crippen LogP contribution in [0.3, 0.4) is 0 Å². The highest BCUT2D eigenvalue weighted by molar-refractivity contribution is 4.86. The molecular formula is C13H26N4. The lowest BCUT2D eigenvalue weighted by Gasteiger charge is -2.16. The second-order valence-electron chi connectivity index (χ2n) is 4.50. The summed E-state index contributed by atoms with van der Waals surface area (Å²) in [6, 6.07) is 0.613. The van der Waals surface area contributed by atoms with Crippen molar-refractivity contribution in [3.05, 3.63) is 12.2 Å². The van der Waals surface area contributed by atoms with Gasteiger partial charge in [0.25, 0.3) is 0 Å². The SMILES string of the molecule is CCCNC(CC)CCc1ncnn1CCC. The molecule has 0 radical (unpaired) electrons. The first-order valence-corrected chi connectivity index (χ1v) is 6.91. The molecule has 1 aromatic heterocycles. The Hall–Kier alpha value is -0.900. The summed E-state index contributed by atoms with van der Waals surface area (Å²) in [4.78, 5) is 4.35. The van der Waals surface area contributed by atoms with Gasteiger partial charge in [0.05, 0.1) is 0 Å². The minimum absolute atomic E-state index is 0.613. The lowest BCUT2D eigenvalue weighted by molar-refractivity contribution is 0.455. The molecule has 1 aromatic rings. The van der Waals surface area contributed by atoms with E-state index in [0.29, 0.717) is 6.04 Å². The molecular weight excluding hydrogens is 212 g/mol. The van der Waals surface area contributed by atoms with Crippen LogP contribution in [0, 0.1) is 0 Å². The van der Waals surface area contributed by atoms with Crippen LogP contribution in [0.25, 0.3) is 0 Å². The molecule has 1 heterocycles. The number of nitrogens with zero attached hydrogens (tertiary/aromatic N) is 3. The van der Waals surface area contributed by atoms with E-state index in [1.165, 1.54) is 12.8 Å². The molecule has 0 aliphatic rings. The zero-order valence-corrected chi connectivity index (χ0v) is 11.4. The Bertz CT molecular complexity index is 295. The van der Waals surface area contributed by atoms with Gasteiger partial charge in [0.15, 0.2) is 0 Å². The fraction of sp³-hybridized carbons (Fsp3) is 0.846. The number of hydrogen-bond donors (Lipinski definition) is 1. The molecule has 17 heavy (non-hydrogen) atoms. The van der Waals surface area contributed by atoms with Gasteiger partial charge in [0.1, 0.15) is 12.2 Å². The molecule has 0 amide bonds. The highest BCUT2D eigenvalue weighted by Gasteiger charge is 2.08. The largest absolute Gasteiger partial charge is 0.314 e. The molecule has 0 fully saturated rings. The van der Waals surface area contributed by atoms with Crippen molar-refractivity contribution in [1.29, 1.82) is 0 Å². The molecule has 0 aromatic carbocycles. The Morgan fingerprint density at radius 1 is 1.29 bits per heavy atom. The fourth-order valence-corrected chi connectivity index (χ4v) is 1.98. The fourth-order valence-electron chi connectivity index (χ4n) is 1.98. The number of rotatable bonds is 9. The zero-order valence-electron chi connectivity index (χ0n) is 11.4. The topological polar surface area (TPSA) is 42.7 Å². The Labute approximate surface area is 105 Å². The summed E-state index contributed by atoms with van der Waals surface area (Å²) in [5.74, 6) is 1.13. The molecule has 1 N–H and O–H groups in total. The second kappa shape index (κ2) is 8.23. The summed E-state index contributed by atoms with van der Waals surface area (Å²) >= 11 is 0. The average molecular weight is 238 g/mol. The zero-order chi connectivity index (χ0) is 12.5. The van der Waals surface area contributed by atoms with Gasteiger partial charge < -0.3 is 5.32 Å². The smallest absolute Gasteiger partial charge is 0.138 e. The molecule has 4 nitrogen and oxygen atoms in total. The third-order valence-electron chi connectivity index (χ3n) is 3.02. The van der Waals surface area contributed by atoms with Gasteiger partial charge in [0, 0.05) is 19.0 Å². The maximum absolute atomic E-state index is 4.35. The summed E-state index contributed by atoms with van der Waals surface area (Å²) in [6.07, 6.45) is 7.34. The van der Waals surface area contributed by atoms with E-state index in [2.05, 4.69) is 36.2 Å². The highest BCUT2D eigenvalue weighted by Crippen LogP contribution is 2.05. The van der Waals surface area contributed by atoms with Crippen molar-refractivity contribution in [1.82, 2.24) is 20.1 Å². The molecule has 4 heteroatoms. The van der Waals surface area contributed by atoms with Crippen molar-refractivity contribution in [2.45, 2.75) is 65.5 Å². The van der Waals surface area contributed by atoms with Crippen molar-refractivity contribution in [3.63, 3.8) is 0 Å². The van der Waals surface area contributed by atoms with Gasteiger partial charge >= 0.3 is 0 Å². The van der Waals surface area contributed by atoms with Gasteiger partial charge in [-0.3, -0.25) is 4.68 Å². The maximum Gasteiger partial charge on any atom is 0.138 e. The molecule has 0 saturated heterocycles. The summed E-state index contributed by atoms with van der Waals surface area (Å²) in [7, 11) is 0. The molecule has 0 spiro atoms. The Morgan fingerprint density at radius 3 is 2.76 bits per heavy atom. The predicted octanol–water partition coefficient (Wildman–Crippen LogP) is 2.40. The highest BCUT2D eigenvalue weighted by atomic mass is 15.3. The molecule has 0 aliphatic carbocycles. The molecule has 1 rings (SSSR count). The van der Waals surface area contributed by atoms with Gasteiger partial charge in [-0.15, -0.1) is 0 Å². The Morgan fingerprint density at radius 2 is 2.12 bits per heavy atom. The first-order valence-electron chi connectivity index (χ1n) is 6.91. The van der Waals surface area contributed by atoms with E-state index >= 15 is 0 Å². The minimum atomic E-state index is 0.613. The van der Waals surface area contributed by atoms with Gasteiger partial charge in [-0.25, -0.2) is 4.98 Å². The van der Waals surface area contributed by atoms with E-state index in [0.717, 1.165) is 38.2 Å². The lowest BCUT2D eigenvalue weighted by atomic mass is 10.1. The monoisotopic (exact) mass is 238 g/mol. The van der Waals surface area contributed by atoms with Crippen LogP contribution in [0.4, 0.5) is 0 Å². The number of nitrogens with one attached hydrogen (secondary N) is 1. The lowest BCUT2D eigenvalue weighted by Crippen LogP contribution is -2.29. The van der Waals surface area contributed by atoms with Crippen LogP contribution >= 0.6 is 0 Å². The van der Waals surface area contributed by atoms with Crippen molar-refractivity contribution in [2.24, 2.45) is 0 Å². The standard InChI is InChI=1S/C13H26N4/c1-4-9-14-12(6-3)7-8-13-15-11-16-17(13)10-5-2/h11-12,14H,4-10H2,1-3H3. The normalized spacial score (nSPS) is 12.9. The van der Waals surface area contributed by atoms with Crippen molar-refractivity contribution in [3.8, 4) is 0 Å². The van der Waals surface area contributed by atoms with E-state index < -0.39 is 0 Å². The average Bonchev–Trinajstić information content (AvgIpc) is 2.78. The number of aryl methyl sites for hydroxylation is 2. The summed E-state index contributed by atoms with van der Waals surface area (Å²) in [5.41, 5.74) is 0. The Kier molecular flexibility index (Phi) is 6.86. The first-order chi connectivity index (χ1) is 8.31. The van der Waals surface area contributed by atoms with Crippen molar-refractivity contribution in [2.75, 3.05) is 6.54 Å². The Balaban J connectivity index is 2.39. The summed E-state index contributed by atoms with van der Waals surface area (Å²) < 4.78 is 2.03. The van der Waals surface area contributed by atoms with Crippen LogP contribution in [0.1, 0.15) is 52.3 Å². The molecule has 0 aliphatic heterocycles. The molecule has 0 bridgehead atoms. The summed E-state index contributed by atoms with van der Waals surface area (Å²) in [5, 5.41) is 7.83. The summed E-state index contributed by atoms with van der Waals surface area (Å²) in [6.45, 7) is 8.71. The van der Waals surface area contributed by atoms with Crippen molar-refractivity contribution >= 4 is 0 Å². The van der Waals surface area contributed by atoms with Crippen LogP contribution in [0.2, 0.25) is 0 Å². The third-order valence-corrected chi connectivity index (χ3v) is 3.02. The van der Waals surface area contributed by atoms with Gasteiger partial charge in [0.2, 0.25) is 0 Å². The first kappa shape index (κ1) is 14.2. The maximum atomic E-state index is 4.35. The van der Waals surface area contributed by atoms with Crippen LogP contribution in [0.15, 0.2) is 6.33 Å². The van der Waals surface area contributed by atoms with E-state index in [1.807, 2.05) is 4.68 Å². The quantitative estimate of drug-likeness (QED) is 0.718. The molecule has 1 unspecified atom stereocenters. The van der Waals surface area contributed by atoms with E-state index in [9.17, 15) is 0 Å². The van der Waals surface area contributed by atoms with E-state index in [1.54, 1.807) is 6.33 Å². The molecule has 1 atom stereocenters. The van der Waals surface area contributed by atoms with Crippen LogP contribution < -0.4 is 5.32 Å². The van der Waals surface area contributed by atoms with Crippen LogP contribution in [0.5, 0.6) is 0 Å². The van der Waals surface area contributed by atoms with E-state index in [4.69, 9.17) is 0 Å².